The first-order valence-corrected chi connectivity index (χ1v) is 5.41. The third-order valence-corrected chi connectivity index (χ3v) is 1.79. The largest absolute Gasteiger partial charge is 0.273 e. The molecule has 1 N–H and O–H groups in total. The van der Waals surface area contributed by atoms with E-state index in [1.54, 1.807) is 6.92 Å². The lowest BCUT2D eigenvalue weighted by Crippen LogP contribution is -2.24. The molecular weight excluding hydrogens is 190 g/mol. The molecule has 0 saturated heterocycles. The second-order valence-electron chi connectivity index (χ2n) is 3.46. The van der Waals surface area contributed by atoms with Gasteiger partial charge in [-0.15, -0.1) is 0 Å². The van der Waals surface area contributed by atoms with Gasteiger partial charge >= 0.3 is 0 Å². The summed E-state index contributed by atoms with van der Waals surface area (Å²) in [4.78, 5) is 15.9. The Hall–Kier alpha value is -1.09. The average Bonchev–Trinajstić information content (AvgIpc) is 2.21. The van der Waals surface area contributed by atoms with Crippen molar-refractivity contribution in [2.24, 2.45) is 0 Å². The molecule has 0 aromatic carbocycles. The molecule has 0 heterocycles. The van der Waals surface area contributed by atoms with Crippen molar-refractivity contribution in [3.63, 3.8) is 0 Å². The highest BCUT2D eigenvalue weighted by molar-refractivity contribution is 5.91. The highest BCUT2D eigenvalue weighted by Crippen LogP contribution is 1.95. The predicted octanol–water partition coefficient (Wildman–Crippen LogP) is 2.75. The van der Waals surface area contributed by atoms with E-state index in [0.29, 0.717) is 12.2 Å². The summed E-state index contributed by atoms with van der Waals surface area (Å²) in [5.41, 5.74) is 2.78. The first kappa shape index (κ1) is 13.9. The van der Waals surface area contributed by atoms with Gasteiger partial charge in [-0.25, -0.2) is 5.48 Å². The van der Waals surface area contributed by atoms with E-state index in [-0.39, 0.29) is 5.91 Å². The molecule has 3 heteroatoms. The van der Waals surface area contributed by atoms with Crippen LogP contribution in [0.5, 0.6) is 0 Å². The van der Waals surface area contributed by atoms with Crippen LogP contribution in [0.15, 0.2) is 24.3 Å². The molecule has 0 rings (SSSR count). The van der Waals surface area contributed by atoms with Gasteiger partial charge in [-0.2, -0.15) is 0 Å². The molecule has 15 heavy (non-hydrogen) atoms. The van der Waals surface area contributed by atoms with Crippen LogP contribution in [0.1, 0.15) is 39.5 Å². The minimum atomic E-state index is -0.253. The minimum Gasteiger partial charge on any atom is -0.273 e. The number of unbranched alkanes of at least 4 members (excludes halogenated alkanes) is 2. The van der Waals surface area contributed by atoms with Crippen LogP contribution in [-0.2, 0) is 9.63 Å². The molecule has 0 aliphatic carbocycles. The van der Waals surface area contributed by atoms with E-state index in [0.717, 1.165) is 19.3 Å². The van der Waals surface area contributed by atoms with Crippen LogP contribution in [0.4, 0.5) is 0 Å². The summed E-state index contributed by atoms with van der Waals surface area (Å²) in [5, 5.41) is 0. The summed E-state index contributed by atoms with van der Waals surface area (Å²) in [6.45, 7) is 7.84. The fourth-order valence-electron chi connectivity index (χ4n) is 0.879. The summed E-state index contributed by atoms with van der Waals surface area (Å²) in [6.07, 6.45) is 8.54. The van der Waals surface area contributed by atoms with Crippen LogP contribution >= 0.6 is 0 Å². The molecule has 0 atom stereocenters. The number of amides is 1. The number of carbonyl (C=O) groups is 1. The van der Waals surface area contributed by atoms with E-state index in [4.69, 9.17) is 4.84 Å². The first-order chi connectivity index (χ1) is 7.18. The standard InChI is InChI=1S/C12H21NO2/c1-4-5-6-7-8-9-10-15-13-12(14)11(2)3/h6-7H,2,4-5,8-10H2,1,3H3,(H,13,14)/b7-6+. The molecule has 86 valence electrons. The molecule has 0 spiro atoms. The van der Waals surface area contributed by atoms with Gasteiger partial charge in [0.25, 0.3) is 5.91 Å². The quantitative estimate of drug-likeness (QED) is 0.290. The van der Waals surface area contributed by atoms with Gasteiger partial charge < -0.3 is 0 Å². The molecule has 1 amide bonds. The Kier molecular flexibility index (Phi) is 8.78. The van der Waals surface area contributed by atoms with Crippen LogP contribution in [0.2, 0.25) is 0 Å². The van der Waals surface area contributed by atoms with Gasteiger partial charge in [0, 0.05) is 5.57 Å². The Balaban J connectivity index is 3.25. The number of nitrogens with one attached hydrogen (secondary N) is 1. The van der Waals surface area contributed by atoms with Gasteiger partial charge in [-0.05, 0) is 26.2 Å². The number of allylic oxidation sites excluding steroid dienone is 2. The third-order valence-electron chi connectivity index (χ3n) is 1.79. The SMILES string of the molecule is C=C(C)C(=O)NOCCC/C=C/CCC. The molecule has 0 aliphatic heterocycles. The Labute approximate surface area is 92.2 Å². The summed E-state index contributed by atoms with van der Waals surface area (Å²) in [5.74, 6) is -0.253. The third kappa shape index (κ3) is 9.22. The molecule has 0 unspecified atom stereocenters. The van der Waals surface area contributed by atoms with E-state index >= 15 is 0 Å². The Morgan fingerprint density at radius 2 is 2.07 bits per heavy atom. The van der Waals surface area contributed by atoms with Gasteiger partial charge in [0.2, 0.25) is 0 Å². The predicted molar refractivity (Wildman–Crippen MR) is 62.2 cm³/mol. The maximum absolute atomic E-state index is 11.0. The fraction of sp³-hybridized carbons (Fsp3) is 0.583. The van der Waals surface area contributed by atoms with Gasteiger partial charge in [-0.3, -0.25) is 9.63 Å². The minimum absolute atomic E-state index is 0.253. The average molecular weight is 211 g/mol. The van der Waals surface area contributed by atoms with Gasteiger partial charge in [0.05, 0.1) is 6.61 Å². The fourth-order valence-corrected chi connectivity index (χ4v) is 0.879. The molecular formula is C12H21NO2. The van der Waals surface area contributed by atoms with E-state index in [2.05, 4.69) is 31.1 Å². The molecule has 0 fully saturated rings. The molecule has 0 bridgehead atoms. The zero-order valence-electron chi connectivity index (χ0n) is 9.71. The Bertz CT molecular complexity index is 222. The highest BCUT2D eigenvalue weighted by Gasteiger charge is 1.99. The normalized spacial score (nSPS) is 10.5. The van der Waals surface area contributed by atoms with Crippen molar-refractivity contribution in [2.75, 3.05) is 6.61 Å². The Morgan fingerprint density at radius 1 is 1.40 bits per heavy atom. The van der Waals surface area contributed by atoms with Gasteiger partial charge in [0.15, 0.2) is 0 Å². The van der Waals surface area contributed by atoms with Gasteiger partial charge in [-0.1, -0.05) is 32.1 Å². The lowest BCUT2D eigenvalue weighted by molar-refractivity contribution is -0.129. The van der Waals surface area contributed by atoms with Crippen molar-refractivity contribution < 1.29 is 9.63 Å². The van der Waals surface area contributed by atoms with E-state index in [1.165, 1.54) is 6.42 Å². The van der Waals surface area contributed by atoms with E-state index in [1.807, 2.05) is 0 Å². The van der Waals surface area contributed by atoms with E-state index < -0.39 is 0 Å². The van der Waals surface area contributed by atoms with Crippen LogP contribution in [0.25, 0.3) is 0 Å². The first-order valence-electron chi connectivity index (χ1n) is 5.41. The van der Waals surface area contributed by atoms with E-state index in [9.17, 15) is 4.79 Å². The number of hydrogen-bond acceptors (Lipinski definition) is 2. The maximum atomic E-state index is 11.0. The summed E-state index contributed by atoms with van der Waals surface area (Å²) in [6, 6.07) is 0. The molecule has 0 aromatic rings. The van der Waals surface area contributed by atoms with Crippen molar-refractivity contribution in [3.8, 4) is 0 Å². The number of hydrogen-bond donors (Lipinski definition) is 1. The number of carbonyl (C=O) groups excluding carboxylic acids is 1. The van der Waals surface area contributed by atoms with Crippen LogP contribution in [-0.4, -0.2) is 12.5 Å². The maximum Gasteiger partial charge on any atom is 0.269 e. The summed E-state index contributed by atoms with van der Waals surface area (Å²) >= 11 is 0. The zero-order valence-corrected chi connectivity index (χ0v) is 9.71. The number of hydroxylamine groups is 1. The van der Waals surface area contributed by atoms with Gasteiger partial charge in [0.1, 0.15) is 0 Å². The lowest BCUT2D eigenvalue weighted by atomic mass is 10.2. The molecule has 0 saturated carbocycles. The smallest absolute Gasteiger partial charge is 0.269 e. The van der Waals surface area contributed by atoms with Crippen molar-refractivity contribution in [2.45, 2.75) is 39.5 Å². The summed E-state index contributed by atoms with van der Waals surface area (Å²) in [7, 11) is 0. The second kappa shape index (κ2) is 9.46. The van der Waals surface area contributed by atoms with Crippen molar-refractivity contribution in [1.29, 1.82) is 0 Å². The van der Waals surface area contributed by atoms with Crippen LogP contribution in [0.3, 0.4) is 0 Å². The monoisotopic (exact) mass is 211 g/mol. The topological polar surface area (TPSA) is 38.3 Å². The summed E-state index contributed by atoms with van der Waals surface area (Å²) < 4.78 is 0. The van der Waals surface area contributed by atoms with Crippen LogP contribution < -0.4 is 5.48 Å². The Morgan fingerprint density at radius 3 is 2.67 bits per heavy atom. The van der Waals surface area contributed by atoms with Crippen molar-refractivity contribution >= 4 is 5.91 Å². The van der Waals surface area contributed by atoms with Crippen molar-refractivity contribution in [3.05, 3.63) is 24.3 Å². The molecule has 3 nitrogen and oxygen atoms in total. The second-order valence-corrected chi connectivity index (χ2v) is 3.46. The highest BCUT2D eigenvalue weighted by atomic mass is 16.6. The van der Waals surface area contributed by atoms with Crippen molar-refractivity contribution in [1.82, 2.24) is 5.48 Å². The molecule has 0 aromatic heterocycles. The zero-order chi connectivity index (χ0) is 11.5. The number of rotatable bonds is 8. The van der Waals surface area contributed by atoms with Crippen LogP contribution in [0, 0.1) is 0 Å². The lowest BCUT2D eigenvalue weighted by Gasteiger charge is -2.03. The molecule has 0 radical (unpaired) electrons. The molecule has 0 aliphatic rings.